The van der Waals surface area contributed by atoms with Gasteiger partial charge in [0.2, 0.25) is 5.91 Å². The number of nitrogens with one attached hydrogen (secondary N) is 1. The molecule has 0 aromatic carbocycles. The molecule has 224 valence electrons. The normalized spacial score (nSPS) is 14.3. The van der Waals surface area contributed by atoms with E-state index in [2.05, 4.69) is 43.5 Å². The number of aliphatic hydroxyl groups excluding tert-OH is 3. The van der Waals surface area contributed by atoms with Gasteiger partial charge in [-0.3, -0.25) is 4.79 Å². The Bertz CT molecular complexity index is 563. The summed E-state index contributed by atoms with van der Waals surface area (Å²) >= 11 is 0. The number of hydrogen-bond donors (Lipinski definition) is 4. The van der Waals surface area contributed by atoms with E-state index in [0.29, 0.717) is 12.8 Å². The number of unbranched alkanes of at least 4 members (excludes halogenated alkanes) is 16. The molecule has 0 saturated heterocycles. The standard InChI is InChI=1S/C33H63NO4/c1-3-5-7-9-11-13-15-16-17-18-19-21-23-25-27-31(36)33(38)30(29-35)34-32(37)28-26-24-22-20-14-12-10-8-6-4-2/h15-16,19,21,30-31,33,35-36,38H,3-14,17-18,20,22-29H2,1-2H3,(H,34,37)/b16-15+,21-19+. The van der Waals surface area contributed by atoms with Crippen LogP contribution in [0, 0.1) is 0 Å². The van der Waals surface area contributed by atoms with Crippen LogP contribution in [0.4, 0.5) is 0 Å². The molecule has 0 heterocycles. The van der Waals surface area contributed by atoms with E-state index in [4.69, 9.17) is 0 Å². The average Bonchev–Trinajstić information content (AvgIpc) is 2.92. The smallest absolute Gasteiger partial charge is 0.220 e. The lowest BCUT2D eigenvalue weighted by atomic mass is 10.0. The summed E-state index contributed by atoms with van der Waals surface area (Å²) in [5, 5.41) is 33.1. The molecular weight excluding hydrogens is 474 g/mol. The summed E-state index contributed by atoms with van der Waals surface area (Å²) in [7, 11) is 0. The van der Waals surface area contributed by atoms with Crippen LogP contribution in [0.25, 0.3) is 0 Å². The Hall–Kier alpha value is -1.17. The number of rotatable bonds is 28. The van der Waals surface area contributed by atoms with Crippen molar-refractivity contribution in [2.24, 2.45) is 0 Å². The zero-order chi connectivity index (χ0) is 28.1. The Morgan fingerprint density at radius 2 is 1.08 bits per heavy atom. The Morgan fingerprint density at radius 3 is 1.61 bits per heavy atom. The van der Waals surface area contributed by atoms with E-state index in [-0.39, 0.29) is 12.5 Å². The monoisotopic (exact) mass is 537 g/mol. The molecule has 0 aliphatic carbocycles. The summed E-state index contributed by atoms with van der Waals surface area (Å²) < 4.78 is 0. The highest BCUT2D eigenvalue weighted by Gasteiger charge is 2.26. The first kappa shape index (κ1) is 36.8. The van der Waals surface area contributed by atoms with Crippen LogP contribution in [0.1, 0.15) is 155 Å². The van der Waals surface area contributed by atoms with Gasteiger partial charge in [0.15, 0.2) is 0 Å². The number of amides is 1. The molecule has 38 heavy (non-hydrogen) atoms. The third-order valence-electron chi connectivity index (χ3n) is 7.29. The topological polar surface area (TPSA) is 89.8 Å². The van der Waals surface area contributed by atoms with Gasteiger partial charge in [-0.2, -0.15) is 0 Å². The summed E-state index contributed by atoms with van der Waals surface area (Å²) in [5.41, 5.74) is 0. The van der Waals surface area contributed by atoms with Gasteiger partial charge in [0.05, 0.1) is 18.8 Å². The first-order valence-corrected chi connectivity index (χ1v) is 16.1. The Morgan fingerprint density at radius 1 is 0.632 bits per heavy atom. The minimum Gasteiger partial charge on any atom is -0.394 e. The van der Waals surface area contributed by atoms with Gasteiger partial charge in [-0.25, -0.2) is 0 Å². The van der Waals surface area contributed by atoms with Crippen LogP contribution < -0.4 is 5.32 Å². The molecule has 0 aromatic heterocycles. The van der Waals surface area contributed by atoms with Gasteiger partial charge in [-0.05, 0) is 51.4 Å². The molecule has 5 nitrogen and oxygen atoms in total. The average molecular weight is 538 g/mol. The quantitative estimate of drug-likeness (QED) is 0.0603. The molecule has 3 atom stereocenters. The summed E-state index contributed by atoms with van der Waals surface area (Å²) in [6.45, 7) is 4.10. The molecule has 0 spiro atoms. The highest BCUT2D eigenvalue weighted by atomic mass is 16.3. The number of carbonyl (C=O) groups excluding carboxylic acids is 1. The largest absolute Gasteiger partial charge is 0.394 e. The van der Waals surface area contributed by atoms with E-state index in [9.17, 15) is 20.1 Å². The molecule has 0 rings (SSSR count). The zero-order valence-corrected chi connectivity index (χ0v) is 25.1. The van der Waals surface area contributed by atoms with Crippen molar-refractivity contribution in [1.82, 2.24) is 5.32 Å². The predicted molar refractivity (Wildman–Crippen MR) is 162 cm³/mol. The first-order valence-electron chi connectivity index (χ1n) is 16.1. The molecule has 0 bridgehead atoms. The fourth-order valence-electron chi connectivity index (χ4n) is 4.70. The number of hydrogen-bond acceptors (Lipinski definition) is 4. The number of allylic oxidation sites excluding steroid dienone is 4. The molecule has 0 saturated carbocycles. The summed E-state index contributed by atoms with van der Waals surface area (Å²) in [6, 6.07) is -0.824. The van der Waals surface area contributed by atoms with Crippen LogP contribution >= 0.6 is 0 Å². The van der Waals surface area contributed by atoms with E-state index in [1.807, 2.05) is 0 Å². The van der Waals surface area contributed by atoms with Crippen LogP contribution in [-0.4, -0.2) is 46.1 Å². The van der Waals surface area contributed by atoms with Gasteiger partial charge < -0.3 is 20.6 Å². The van der Waals surface area contributed by atoms with Crippen molar-refractivity contribution in [1.29, 1.82) is 0 Å². The maximum absolute atomic E-state index is 12.2. The minimum absolute atomic E-state index is 0.164. The molecule has 0 radical (unpaired) electrons. The van der Waals surface area contributed by atoms with Gasteiger partial charge in [-0.1, -0.05) is 122 Å². The second-order valence-corrected chi connectivity index (χ2v) is 11.0. The van der Waals surface area contributed by atoms with Crippen LogP contribution in [0.5, 0.6) is 0 Å². The van der Waals surface area contributed by atoms with Gasteiger partial charge in [0.25, 0.3) is 0 Å². The third-order valence-corrected chi connectivity index (χ3v) is 7.29. The summed E-state index contributed by atoms with van der Waals surface area (Å²) in [5.74, 6) is -0.164. The Labute approximate surface area is 235 Å². The Balaban J connectivity index is 3.83. The van der Waals surface area contributed by atoms with Gasteiger partial charge in [-0.15, -0.1) is 0 Å². The van der Waals surface area contributed by atoms with E-state index < -0.39 is 18.2 Å². The van der Waals surface area contributed by atoms with Crippen molar-refractivity contribution in [2.45, 2.75) is 173 Å². The van der Waals surface area contributed by atoms with Crippen LogP contribution in [-0.2, 0) is 4.79 Å². The molecule has 1 amide bonds. The lowest BCUT2D eigenvalue weighted by molar-refractivity contribution is -0.124. The molecule has 3 unspecified atom stereocenters. The molecule has 4 N–H and O–H groups in total. The maximum Gasteiger partial charge on any atom is 0.220 e. The zero-order valence-electron chi connectivity index (χ0n) is 25.1. The predicted octanol–water partition coefficient (Wildman–Crippen LogP) is 7.92. The van der Waals surface area contributed by atoms with Crippen molar-refractivity contribution in [3.05, 3.63) is 24.3 Å². The summed E-state index contributed by atoms with van der Waals surface area (Å²) in [4.78, 5) is 12.2. The molecule has 0 aliphatic heterocycles. The van der Waals surface area contributed by atoms with E-state index in [0.717, 1.165) is 44.9 Å². The highest BCUT2D eigenvalue weighted by Crippen LogP contribution is 2.13. The van der Waals surface area contributed by atoms with E-state index >= 15 is 0 Å². The van der Waals surface area contributed by atoms with E-state index in [1.165, 1.54) is 83.5 Å². The lowest BCUT2D eigenvalue weighted by Gasteiger charge is -2.26. The van der Waals surface area contributed by atoms with Crippen molar-refractivity contribution < 1.29 is 20.1 Å². The van der Waals surface area contributed by atoms with E-state index in [1.54, 1.807) is 0 Å². The fraction of sp³-hybridized carbons (Fsp3) is 0.848. The maximum atomic E-state index is 12.2. The molecular formula is C33H63NO4. The van der Waals surface area contributed by atoms with Gasteiger partial charge >= 0.3 is 0 Å². The highest BCUT2D eigenvalue weighted by molar-refractivity contribution is 5.76. The second kappa shape index (κ2) is 28.8. The molecule has 0 aliphatic rings. The Kier molecular flexibility index (Phi) is 27.9. The van der Waals surface area contributed by atoms with Crippen LogP contribution in [0.2, 0.25) is 0 Å². The minimum atomic E-state index is -1.16. The fourth-order valence-corrected chi connectivity index (χ4v) is 4.70. The van der Waals surface area contributed by atoms with Crippen molar-refractivity contribution in [2.75, 3.05) is 6.61 Å². The van der Waals surface area contributed by atoms with Crippen molar-refractivity contribution >= 4 is 5.91 Å². The molecule has 0 fully saturated rings. The number of carbonyl (C=O) groups is 1. The third kappa shape index (κ3) is 23.9. The van der Waals surface area contributed by atoms with Crippen molar-refractivity contribution in [3.8, 4) is 0 Å². The van der Waals surface area contributed by atoms with Crippen LogP contribution in [0.15, 0.2) is 24.3 Å². The van der Waals surface area contributed by atoms with Crippen molar-refractivity contribution in [3.63, 3.8) is 0 Å². The SMILES string of the molecule is CCCCCCC/C=C/CC/C=C/CCCC(O)C(O)C(CO)NC(=O)CCCCCCCCCCCC. The number of aliphatic hydroxyl groups is 3. The van der Waals surface area contributed by atoms with Gasteiger partial charge in [0, 0.05) is 6.42 Å². The lowest BCUT2D eigenvalue weighted by Crippen LogP contribution is -2.50. The van der Waals surface area contributed by atoms with Crippen LogP contribution in [0.3, 0.4) is 0 Å². The molecule has 0 aromatic rings. The first-order chi connectivity index (χ1) is 18.6. The van der Waals surface area contributed by atoms with Gasteiger partial charge in [0.1, 0.15) is 6.10 Å². The summed E-state index contributed by atoms with van der Waals surface area (Å²) in [6.07, 6.45) is 31.2. The second-order valence-electron chi connectivity index (χ2n) is 11.0. The molecule has 5 heteroatoms.